The summed E-state index contributed by atoms with van der Waals surface area (Å²) in [6.45, 7) is 4.15. The smallest absolute Gasteiger partial charge is 0.306 e. The second-order valence-corrected chi connectivity index (χ2v) is 29.5. The van der Waals surface area contributed by atoms with Gasteiger partial charge in [0.2, 0.25) is 0 Å². The predicted molar refractivity (Wildman–Crippen MR) is 415 cm³/mol. The Morgan fingerprint density at radius 1 is 0.333 bits per heavy atom. The minimum Gasteiger partial charge on any atom is -0.756 e. The number of unbranched alkanes of at least 4 members (excludes halogenated alkanes) is 40. The number of phosphoric acid groups is 1. The monoisotopic (exact) mass is 1360 g/mol. The van der Waals surface area contributed by atoms with Gasteiger partial charge in [-0.2, -0.15) is 0 Å². The van der Waals surface area contributed by atoms with E-state index in [0.29, 0.717) is 17.4 Å². The van der Waals surface area contributed by atoms with Crippen molar-refractivity contribution in [3.63, 3.8) is 0 Å². The van der Waals surface area contributed by atoms with Crippen LogP contribution in [0.4, 0.5) is 0 Å². The van der Waals surface area contributed by atoms with Crippen LogP contribution < -0.4 is 4.89 Å². The van der Waals surface area contributed by atoms with Crippen LogP contribution in [0.3, 0.4) is 0 Å². The highest BCUT2D eigenvalue weighted by Crippen LogP contribution is 2.38. The summed E-state index contributed by atoms with van der Waals surface area (Å²) in [5.41, 5.74) is 0. The quantitative estimate of drug-likeness (QED) is 0.0195. The van der Waals surface area contributed by atoms with Crippen molar-refractivity contribution in [2.75, 3.05) is 47.5 Å². The van der Waals surface area contributed by atoms with Gasteiger partial charge in [-0.05, 0) is 89.9 Å². The zero-order valence-electron chi connectivity index (χ0n) is 63.3. The van der Waals surface area contributed by atoms with Crippen LogP contribution in [0, 0.1) is 0 Å². The molecule has 0 aromatic carbocycles. The molecule has 0 saturated heterocycles. The fourth-order valence-electron chi connectivity index (χ4n) is 11.4. The zero-order chi connectivity index (χ0) is 69.7. The number of hydrogen-bond acceptors (Lipinski definition) is 8. The van der Waals surface area contributed by atoms with Crippen molar-refractivity contribution in [2.24, 2.45) is 0 Å². The summed E-state index contributed by atoms with van der Waals surface area (Å²) in [4.78, 5) is 38.2. The first-order valence-electron chi connectivity index (χ1n) is 40.2. The lowest BCUT2D eigenvalue weighted by molar-refractivity contribution is -0.870. The lowest BCUT2D eigenvalue weighted by atomic mass is 10.0. The third-order valence-corrected chi connectivity index (χ3v) is 18.5. The van der Waals surface area contributed by atoms with Crippen molar-refractivity contribution >= 4 is 19.8 Å². The average Bonchev–Trinajstić information content (AvgIpc) is 2.72. The summed E-state index contributed by atoms with van der Waals surface area (Å²) >= 11 is 0. The molecule has 554 valence electrons. The van der Waals surface area contributed by atoms with Crippen molar-refractivity contribution < 1.29 is 42.1 Å². The fourth-order valence-corrected chi connectivity index (χ4v) is 12.1. The molecule has 0 spiro atoms. The molecule has 0 aromatic rings. The topological polar surface area (TPSA) is 111 Å². The van der Waals surface area contributed by atoms with Crippen LogP contribution in [-0.4, -0.2) is 70.0 Å². The van der Waals surface area contributed by atoms with Crippen LogP contribution in [0.15, 0.2) is 122 Å². The van der Waals surface area contributed by atoms with E-state index in [0.717, 1.165) is 122 Å². The van der Waals surface area contributed by atoms with Gasteiger partial charge in [-0.25, -0.2) is 0 Å². The summed E-state index contributed by atoms with van der Waals surface area (Å²) in [5, 5.41) is 0. The molecule has 0 aliphatic rings. The van der Waals surface area contributed by atoms with Gasteiger partial charge in [-0.1, -0.05) is 379 Å². The first-order chi connectivity index (χ1) is 47.0. The third-order valence-electron chi connectivity index (χ3n) is 17.5. The second-order valence-electron chi connectivity index (χ2n) is 28.1. The van der Waals surface area contributed by atoms with Gasteiger partial charge in [0.25, 0.3) is 7.82 Å². The largest absolute Gasteiger partial charge is 0.756 e. The molecule has 0 radical (unpaired) electrons. The average molecular weight is 1360 g/mol. The van der Waals surface area contributed by atoms with E-state index < -0.39 is 26.5 Å². The number of allylic oxidation sites excluding steroid dienone is 20. The van der Waals surface area contributed by atoms with Crippen LogP contribution in [0.1, 0.15) is 361 Å². The molecular formula is C86H152NO8P. The van der Waals surface area contributed by atoms with E-state index in [2.05, 4.69) is 135 Å². The number of hydrogen-bond donors (Lipinski definition) is 0. The molecule has 0 saturated carbocycles. The summed E-state index contributed by atoms with van der Waals surface area (Å²) < 4.78 is 34.4. The Hall–Kier alpha value is -3.59. The van der Waals surface area contributed by atoms with E-state index in [1.807, 2.05) is 21.1 Å². The molecule has 0 fully saturated rings. The lowest BCUT2D eigenvalue weighted by Gasteiger charge is -2.28. The fraction of sp³-hybridized carbons (Fsp3) is 0.744. The summed E-state index contributed by atoms with van der Waals surface area (Å²) in [6, 6.07) is 0. The van der Waals surface area contributed by atoms with E-state index in [1.54, 1.807) is 0 Å². The molecule has 0 heterocycles. The Morgan fingerprint density at radius 2 is 0.594 bits per heavy atom. The van der Waals surface area contributed by atoms with Crippen molar-refractivity contribution in [1.29, 1.82) is 0 Å². The Kier molecular flexibility index (Phi) is 72.8. The Bertz CT molecular complexity index is 2040. The van der Waals surface area contributed by atoms with E-state index in [9.17, 15) is 19.0 Å². The number of quaternary nitrogens is 1. The van der Waals surface area contributed by atoms with Gasteiger partial charge in [-0.15, -0.1) is 0 Å². The van der Waals surface area contributed by atoms with E-state index in [-0.39, 0.29) is 32.0 Å². The predicted octanol–water partition coefficient (Wildman–Crippen LogP) is 26.3. The molecule has 9 nitrogen and oxygen atoms in total. The number of ether oxygens (including phenoxy) is 2. The Balaban J connectivity index is 4.03. The van der Waals surface area contributed by atoms with Crippen LogP contribution in [0.2, 0.25) is 0 Å². The maximum absolute atomic E-state index is 12.9. The minimum atomic E-state index is -4.66. The zero-order valence-corrected chi connectivity index (χ0v) is 64.2. The maximum atomic E-state index is 12.9. The number of nitrogens with zero attached hydrogens (tertiary/aromatic N) is 1. The van der Waals surface area contributed by atoms with Crippen molar-refractivity contribution in [2.45, 2.75) is 367 Å². The molecule has 2 unspecified atom stereocenters. The molecule has 0 aliphatic carbocycles. The lowest BCUT2D eigenvalue weighted by Crippen LogP contribution is -2.37. The molecule has 0 N–H and O–H groups in total. The molecule has 10 heteroatoms. The maximum Gasteiger partial charge on any atom is 0.306 e. The van der Waals surface area contributed by atoms with Crippen molar-refractivity contribution in [3.05, 3.63) is 122 Å². The van der Waals surface area contributed by atoms with Crippen LogP contribution in [0.5, 0.6) is 0 Å². The summed E-state index contributed by atoms with van der Waals surface area (Å²) in [6.07, 6.45) is 109. The number of carbonyl (C=O) groups excluding carboxylic acids is 2. The highest BCUT2D eigenvalue weighted by Gasteiger charge is 2.22. The number of esters is 2. The van der Waals surface area contributed by atoms with Crippen LogP contribution in [0.25, 0.3) is 0 Å². The number of carbonyl (C=O) groups is 2. The van der Waals surface area contributed by atoms with Crippen LogP contribution >= 0.6 is 7.82 Å². The third kappa shape index (κ3) is 79.4. The number of phosphoric ester groups is 1. The Morgan fingerprint density at radius 3 is 0.885 bits per heavy atom. The van der Waals surface area contributed by atoms with Crippen molar-refractivity contribution in [1.82, 2.24) is 0 Å². The molecule has 0 aromatic heterocycles. The van der Waals surface area contributed by atoms with Crippen molar-refractivity contribution in [3.8, 4) is 0 Å². The first-order valence-corrected chi connectivity index (χ1v) is 41.7. The standard InChI is InChI=1S/C86H152NO8P/c1-6-8-10-12-14-16-18-20-22-24-26-28-30-32-34-36-38-40-42-43-45-47-49-51-53-55-57-59-61-63-65-67-69-71-73-75-77-79-86(89)95-84(83-94-96(90,91)93-81-80-87(3,4)5)82-92-85(88)78-76-74-72-70-68-66-64-62-60-58-56-54-52-50-48-46-44-41-39-37-35-33-31-29-27-25-23-21-19-17-15-13-11-9-7-2/h8,10,14,16,20,22,26,28,32,34,38,40,43,45,49,51,55,57,61,63,84H,6-7,9,11-13,15,17-19,21,23-25,27,29-31,33,35-37,39,41-42,44,46-48,50,52-54,56,58-60,62,64-83H2,1-5H3/b10-8-,16-14-,22-20-,28-26-,34-32-,40-38-,45-43-,51-49-,57-55-,63-61-. The molecule has 0 amide bonds. The highest BCUT2D eigenvalue weighted by molar-refractivity contribution is 7.45. The SMILES string of the molecule is CC/C=C\C/C=C\C/C=C\C/C=C\C/C=C\C/C=C\C/C=C\C/C=C\C/C=C\C/C=C\CCCCCCCCC(=O)OC(COC(=O)CCCCCCCCCCCCCCCCCCCCCCCCCCCCCCCCCCCCC)COP(=O)([O-])OCC[N+](C)(C)C. The van der Waals surface area contributed by atoms with Gasteiger partial charge in [-0.3, -0.25) is 14.2 Å². The molecule has 0 bridgehead atoms. The minimum absolute atomic E-state index is 0.0381. The van der Waals surface area contributed by atoms with E-state index in [1.165, 1.54) is 205 Å². The molecule has 0 rings (SSSR count). The normalized spacial score (nSPS) is 13.7. The Labute approximate surface area is 594 Å². The van der Waals surface area contributed by atoms with Gasteiger partial charge < -0.3 is 27.9 Å². The number of rotatable bonds is 74. The van der Waals surface area contributed by atoms with Gasteiger partial charge in [0.05, 0.1) is 27.7 Å². The van der Waals surface area contributed by atoms with Gasteiger partial charge in [0.1, 0.15) is 19.8 Å². The molecular weight excluding hydrogens is 1210 g/mol. The summed E-state index contributed by atoms with van der Waals surface area (Å²) in [7, 11) is 1.15. The molecule has 0 aliphatic heterocycles. The second kappa shape index (κ2) is 75.6. The highest BCUT2D eigenvalue weighted by atomic mass is 31.2. The van der Waals surface area contributed by atoms with Gasteiger partial charge in [0.15, 0.2) is 6.10 Å². The van der Waals surface area contributed by atoms with E-state index in [4.69, 9.17) is 18.5 Å². The molecule has 96 heavy (non-hydrogen) atoms. The van der Waals surface area contributed by atoms with Gasteiger partial charge >= 0.3 is 11.9 Å². The first kappa shape index (κ1) is 92.4. The van der Waals surface area contributed by atoms with Gasteiger partial charge in [0, 0.05) is 12.8 Å². The number of likely N-dealkylation sites (N-methyl/N-ethyl adjacent to an activating group) is 1. The van der Waals surface area contributed by atoms with E-state index >= 15 is 0 Å². The summed E-state index contributed by atoms with van der Waals surface area (Å²) in [5.74, 6) is -0.843. The molecule has 2 atom stereocenters. The van der Waals surface area contributed by atoms with Crippen LogP contribution in [-0.2, 0) is 32.7 Å².